The van der Waals surface area contributed by atoms with Crippen molar-refractivity contribution in [3.63, 3.8) is 0 Å². The van der Waals surface area contributed by atoms with E-state index >= 15 is 0 Å². The summed E-state index contributed by atoms with van der Waals surface area (Å²) >= 11 is 0. The first-order valence-corrected chi connectivity index (χ1v) is 36.4. The van der Waals surface area contributed by atoms with Crippen molar-refractivity contribution in [2.45, 2.75) is 309 Å². The standard InChI is InChI=1S/C75H133N2O6P/c1-6-8-10-12-14-16-18-20-22-24-26-28-30-32-34-36-37-38-39-41-43-45-47-49-51-53-55-57-59-61-63-65-67-69-75(79)76-73(72-83-84(80,81)82-71-70-77(3,4)5)74(78)68-66-64-62-60-58-56-54-52-50-48-46-44-42-40-35-33-31-29-27-25-23-21-19-17-15-13-11-9-7-2/h8,10,14,16,20,22,26,28,32,34,37-38,41,43,50,52,58,60,66,68,73-74,78H,6-7,9,11-13,15,17-19,21,23-25,27,29-31,33,35-36,39-40,42,44-49,51,53-57,59,61-65,67,69-72H2,1-5H3,(H-,76,79,80,81)/b10-8-,16-14-,22-20-,28-26-,34-32-,38-37-,43-41-,52-50+,60-58+,68-66+. The second-order valence-electron chi connectivity index (χ2n) is 24.5. The quantitative estimate of drug-likeness (QED) is 0.0272. The molecule has 0 aliphatic carbocycles. The number of phosphoric acid groups is 1. The van der Waals surface area contributed by atoms with Gasteiger partial charge < -0.3 is 28.8 Å². The number of amides is 1. The molecule has 0 spiro atoms. The summed E-state index contributed by atoms with van der Waals surface area (Å²) in [4.78, 5) is 25.6. The highest BCUT2D eigenvalue weighted by Crippen LogP contribution is 2.38. The fraction of sp³-hybridized carbons (Fsp3) is 0.720. The zero-order valence-corrected chi connectivity index (χ0v) is 56.2. The van der Waals surface area contributed by atoms with Gasteiger partial charge in [-0.1, -0.05) is 309 Å². The van der Waals surface area contributed by atoms with Gasteiger partial charge in [0.05, 0.1) is 39.9 Å². The molecule has 9 heteroatoms. The zero-order chi connectivity index (χ0) is 61.2. The van der Waals surface area contributed by atoms with Crippen LogP contribution in [-0.4, -0.2) is 68.5 Å². The van der Waals surface area contributed by atoms with Gasteiger partial charge in [-0.05, 0) is 103 Å². The molecule has 0 rings (SSSR count). The second-order valence-corrected chi connectivity index (χ2v) is 25.9. The summed E-state index contributed by atoms with van der Waals surface area (Å²) in [5.41, 5.74) is 0. The Morgan fingerprint density at radius 2 is 0.738 bits per heavy atom. The van der Waals surface area contributed by atoms with Crippen LogP contribution in [-0.2, 0) is 18.4 Å². The number of aliphatic hydroxyl groups excluding tert-OH is 1. The summed E-state index contributed by atoms with van der Waals surface area (Å²) < 4.78 is 23.4. The van der Waals surface area contributed by atoms with Crippen LogP contribution in [0.4, 0.5) is 0 Å². The molecular weight excluding hydrogens is 1060 g/mol. The van der Waals surface area contributed by atoms with Gasteiger partial charge >= 0.3 is 0 Å². The molecule has 1 amide bonds. The van der Waals surface area contributed by atoms with E-state index in [1.165, 1.54) is 180 Å². The van der Waals surface area contributed by atoms with Crippen LogP contribution in [0.25, 0.3) is 0 Å². The van der Waals surface area contributed by atoms with Gasteiger partial charge in [0.1, 0.15) is 13.2 Å². The summed E-state index contributed by atoms with van der Waals surface area (Å²) in [5, 5.41) is 13.9. The number of hydrogen-bond acceptors (Lipinski definition) is 6. The lowest BCUT2D eigenvalue weighted by Crippen LogP contribution is -2.45. The number of rotatable bonds is 63. The minimum atomic E-state index is -4.63. The number of quaternary nitrogens is 1. The van der Waals surface area contributed by atoms with Crippen LogP contribution < -0.4 is 10.2 Å². The Morgan fingerprint density at radius 1 is 0.429 bits per heavy atom. The molecular formula is C75H133N2O6P. The maximum Gasteiger partial charge on any atom is 0.268 e. The molecule has 0 aromatic rings. The van der Waals surface area contributed by atoms with Crippen molar-refractivity contribution in [3.05, 3.63) is 122 Å². The average molecular weight is 1190 g/mol. The number of hydrogen-bond donors (Lipinski definition) is 2. The van der Waals surface area contributed by atoms with E-state index in [9.17, 15) is 19.4 Å². The Morgan fingerprint density at radius 3 is 1.11 bits per heavy atom. The highest BCUT2D eigenvalue weighted by molar-refractivity contribution is 7.45. The highest BCUT2D eigenvalue weighted by Gasteiger charge is 2.23. The summed E-state index contributed by atoms with van der Waals surface area (Å²) in [7, 11) is 1.22. The molecule has 0 aliphatic heterocycles. The highest BCUT2D eigenvalue weighted by atomic mass is 31.2. The van der Waals surface area contributed by atoms with E-state index in [0.29, 0.717) is 17.4 Å². The lowest BCUT2D eigenvalue weighted by atomic mass is 10.0. The van der Waals surface area contributed by atoms with Gasteiger partial charge in [0.2, 0.25) is 5.91 Å². The van der Waals surface area contributed by atoms with E-state index in [-0.39, 0.29) is 12.5 Å². The maximum absolute atomic E-state index is 13.0. The van der Waals surface area contributed by atoms with Gasteiger partial charge in [-0.25, -0.2) is 0 Å². The van der Waals surface area contributed by atoms with E-state index in [1.54, 1.807) is 6.08 Å². The molecule has 3 unspecified atom stereocenters. The van der Waals surface area contributed by atoms with Gasteiger partial charge in [-0.3, -0.25) is 9.36 Å². The van der Waals surface area contributed by atoms with Crippen molar-refractivity contribution in [1.29, 1.82) is 0 Å². The summed E-state index contributed by atoms with van der Waals surface area (Å²) in [6.45, 7) is 4.52. The number of carbonyl (C=O) groups is 1. The minimum absolute atomic E-state index is 0.0149. The third-order valence-electron chi connectivity index (χ3n) is 15.1. The second kappa shape index (κ2) is 64.4. The molecule has 0 saturated carbocycles. The molecule has 0 heterocycles. The molecule has 8 nitrogen and oxygen atoms in total. The van der Waals surface area contributed by atoms with E-state index in [1.807, 2.05) is 27.2 Å². The lowest BCUT2D eigenvalue weighted by molar-refractivity contribution is -0.870. The Bertz CT molecular complexity index is 1780. The predicted molar refractivity (Wildman–Crippen MR) is 366 cm³/mol. The van der Waals surface area contributed by atoms with Crippen LogP contribution in [0.2, 0.25) is 0 Å². The monoisotopic (exact) mass is 1190 g/mol. The van der Waals surface area contributed by atoms with E-state index < -0.39 is 26.6 Å². The third-order valence-corrected chi connectivity index (χ3v) is 16.1. The SMILES string of the molecule is CC/C=C\C/C=C\C/C=C\C/C=C\C/C=C\C/C=C\C/C=C\CCCCCCCCCCCCCC(=O)NC(COP(=O)([O-])OCC[N+](C)(C)C)C(O)/C=C/CC/C=C/CC/C=C/CCCCCCCCCCCCCCCCCCCCC. The molecule has 2 N–H and O–H groups in total. The third kappa shape index (κ3) is 66.4. The van der Waals surface area contributed by atoms with E-state index in [0.717, 1.165) is 96.3 Å². The molecule has 0 aliphatic rings. The van der Waals surface area contributed by atoms with Gasteiger partial charge in [0.25, 0.3) is 7.82 Å². The predicted octanol–water partition coefficient (Wildman–Crippen LogP) is 21.8. The maximum atomic E-state index is 13.0. The molecule has 3 atom stereocenters. The Kier molecular flexibility index (Phi) is 62.0. The fourth-order valence-electron chi connectivity index (χ4n) is 9.76. The Labute approximate surface area is 520 Å². The van der Waals surface area contributed by atoms with Crippen LogP contribution in [0.3, 0.4) is 0 Å². The number of nitrogens with one attached hydrogen (secondary N) is 1. The minimum Gasteiger partial charge on any atom is -0.756 e. The van der Waals surface area contributed by atoms with Crippen molar-refractivity contribution in [3.8, 4) is 0 Å². The number of likely N-dealkylation sites (N-methyl/N-ethyl adjacent to an activating group) is 1. The Balaban J connectivity index is 4.18. The lowest BCUT2D eigenvalue weighted by Gasteiger charge is -2.29. The number of unbranched alkanes of at least 4 members (excludes halogenated alkanes) is 32. The van der Waals surface area contributed by atoms with Crippen LogP contribution in [0.15, 0.2) is 122 Å². The van der Waals surface area contributed by atoms with Crippen LogP contribution in [0.5, 0.6) is 0 Å². The average Bonchev–Trinajstić information content (AvgIpc) is 3.56. The van der Waals surface area contributed by atoms with Gasteiger partial charge in [-0.2, -0.15) is 0 Å². The van der Waals surface area contributed by atoms with Crippen molar-refractivity contribution in [1.82, 2.24) is 5.32 Å². The van der Waals surface area contributed by atoms with Crippen molar-refractivity contribution >= 4 is 13.7 Å². The Hall–Kier alpha value is -3.10. The first-order valence-electron chi connectivity index (χ1n) is 34.9. The van der Waals surface area contributed by atoms with Crippen molar-refractivity contribution in [2.75, 3.05) is 40.9 Å². The number of carbonyl (C=O) groups excluding carboxylic acids is 1. The van der Waals surface area contributed by atoms with E-state index in [4.69, 9.17) is 9.05 Å². The summed E-state index contributed by atoms with van der Waals surface area (Å²) in [6, 6.07) is -0.922. The first kappa shape index (κ1) is 80.9. The van der Waals surface area contributed by atoms with Gasteiger partial charge in [0.15, 0.2) is 0 Å². The summed E-state index contributed by atoms with van der Waals surface area (Å²) in [5.74, 6) is -0.217. The number of allylic oxidation sites excluding steroid dienone is 19. The van der Waals surface area contributed by atoms with Crippen LogP contribution >= 0.6 is 7.82 Å². The fourth-order valence-corrected chi connectivity index (χ4v) is 10.5. The van der Waals surface area contributed by atoms with Gasteiger partial charge in [-0.15, -0.1) is 0 Å². The summed E-state index contributed by atoms with van der Waals surface area (Å²) in [6.07, 6.45) is 96.1. The number of phosphoric ester groups is 1. The molecule has 0 saturated heterocycles. The van der Waals surface area contributed by atoms with Gasteiger partial charge in [0, 0.05) is 6.42 Å². The van der Waals surface area contributed by atoms with E-state index in [2.05, 4.69) is 129 Å². The molecule has 84 heavy (non-hydrogen) atoms. The first-order chi connectivity index (χ1) is 41.0. The number of nitrogens with zero attached hydrogens (tertiary/aromatic N) is 1. The largest absolute Gasteiger partial charge is 0.756 e. The topological polar surface area (TPSA) is 108 Å². The smallest absolute Gasteiger partial charge is 0.268 e. The van der Waals surface area contributed by atoms with Crippen LogP contribution in [0, 0.1) is 0 Å². The molecule has 0 aromatic heterocycles. The molecule has 0 radical (unpaired) electrons. The van der Waals surface area contributed by atoms with Crippen LogP contribution in [0.1, 0.15) is 296 Å². The van der Waals surface area contributed by atoms with Crippen molar-refractivity contribution < 1.29 is 32.9 Å². The molecule has 0 fully saturated rings. The number of aliphatic hydroxyl groups is 1. The molecule has 0 aromatic carbocycles. The molecule has 0 bridgehead atoms. The molecule has 484 valence electrons. The normalized spacial score (nSPS) is 14.4. The zero-order valence-electron chi connectivity index (χ0n) is 55.3. The van der Waals surface area contributed by atoms with Crippen molar-refractivity contribution in [2.24, 2.45) is 0 Å².